The molecule has 0 unspecified atom stereocenters. The van der Waals surface area contributed by atoms with Crippen molar-refractivity contribution in [2.45, 2.75) is 47.5 Å². The van der Waals surface area contributed by atoms with Gasteiger partial charge in [-0.15, -0.1) is 0 Å². The van der Waals surface area contributed by atoms with Gasteiger partial charge in [0, 0.05) is 12.0 Å². The molecular formula is C13H25NO3. The van der Waals surface area contributed by atoms with Crippen LogP contribution in [-0.2, 0) is 9.59 Å². The highest BCUT2D eigenvalue weighted by atomic mass is 16.4. The summed E-state index contributed by atoms with van der Waals surface area (Å²) in [7, 11) is 0. The number of carboxylic acids is 1. The Kier molecular flexibility index (Phi) is 6.21. The van der Waals surface area contributed by atoms with E-state index in [1.807, 2.05) is 20.8 Å². The molecule has 0 bridgehead atoms. The molecule has 4 nitrogen and oxygen atoms in total. The standard InChI is InChI=1S/C13H25NO3/c1-6-7-14(9-11(15)16)12(17)13(4,5)8-10(2)3/h10H,6-9H2,1-5H3,(H,15,16). The molecule has 0 aliphatic carbocycles. The summed E-state index contributed by atoms with van der Waals surface area (Å²) in [5.74, 6) is -0.593. The zero-order valence-electron chi connectivity index (χ0n) is 11.6. The van der Waals surface area contributed by atoms with Gasteiger partial charge in [0.2, 0.25) is 5.91 Å². The second kappa shape index (κ2) is 6.62. The molecule has 100 valence electrons. The van der Waals surface area contributed by atoms with Crippen LogP contribution in [-0.4, -0.2) is 35.0 Å². The molecule has 0 aromatic heterocycles. The maximum atomic E-state index is 12.3. The van der Waals surface area contributed by atoms with Gasteiger partial charge in [-0.3, -0.25) is 9.59 Å². The van der Waals surface area contributed by atoms with Crippen LogP contribution in [0.3, 0.4) is 0 Å². The molecule has 0 rings (SSSR count). The van der Waals surface area contributed by atoms with Crippen molar-refractivity contribution in [1.29, 1.82) is 0 Å². The van der Waals surface area contributed by atoms with Crippen molar-refractivity contribution in [2.24, 2.45) is 11.3 Å². The summed E-state index contributed by atoms with van der Waals surface area (Å²) < 4.78 is 0. The van der Waals surface area contributed by atoms with Gasteiger partial charge >= 0.3 is 5.97 Å². The highest BCUT2D eigenvalue weighted by molar-refractivity contribution is 5.85. The number of hydrogen-bond acceptors (Lipinski definition) is 2. The molecule has 4 heteroatoms. The lowest BCUT2D eigenvalue weighted by Gasteiger charge is -2.32. The van der Waals surface area contributed by atoms with Crippen LogP contribution >= 0.6 is 0 Å². The van der Waals surface area contributed by atoms with E-state index in [1.165, 1.54) is 4.90 Å². The van der Waals surface area contributed by atoms with E-state index in [0.29, 0.717) is 12.5 Å². The lowest BCUT2D eigenvalue weighted by atomic mass is 9.82. The van der Waals surface area contributed by atoms with Gasteiger partial charge in [0.1, 0.15) is 6.54 Å². The van der Waals surface area contributed by atoms with Crippen LogP contribution in [0.4, 0.5) is 0 Å². The average molecular weight is 243 g/mol. The fourth-order valence-electron chi connectivity index (χ4n) is 2.22. The van der Waals surface area contributed by atoms with E-state index in [4.69, 9.17) is 5.11 Å². The SMILES string of the molecule is CCCN(CC(=O)O)C(=O)C(C)(C)CC(C)C. The van der Waals surface area contributed by atoms with E-state index in [9.17, 15) is 9.59 Å². The smallest absolute Gasteiger partial charge is 0.323 e. The molecule has 0 aromatic carbocycles. The van der Waals surface area contributed by atoms with Crippen LogP contribution in [0.15, 0.2) is 0 Å². The van der Waals surface area contributed by atoms with Crippen molar-refractivity contribution < 1.29 is 14.7 Å². The highest BCUT2D eigenvalue weighted by Gasteiger charge is 2.32. The number of carboxylic acid groups (broad SMARTS) is 1. The van der Waals surface area contributed by atoms with Crippen molar-refractivity contribution in [1.82, 2.24) is 4.90 Å². The summed E-state index contributed by atoms with van der Waals surface area (Å²) in [6.45, 7) is 10.2. The number of carbonyl (C=O) groups is 2. The normalized spacial score (nSPS) is 11.6. The molecule has 0 radical (unpaired) electrons. The molecule has 0 atom stereocenters. The molecule has 0 aromatic rings. The Bertz CT molecular complexity index is 272. The first-order chi connectivity index (χ1) is 7.70. The van der Waals surface area contributed by atoms with Gasteiger partial charge in [-0.1, -0.05) is 34.6 Å². The molecule has 0 saturated carbocycles. The van der Waals surface area contributed by atoms with Gasteiger partial charge in [0.05, 0.1) is 0 Å². The summed E-state index contributed by atoms with van der Waals surface area (Å²) >= 11 is 0. The fraction of sp³-hybridized carbons (Fsp3) is 0.846. The molecule has 0 saturated heterocycles. The van der Waals surface area contributed by atoms with Crippen molar-refractivity contribution in [3.63, 3.8) is 0 Å². The number of amides is 1. The molecular weight excluding hydrogens is 218 g/mol. The Hall–Kier alpha value is -1.06. The second-order valence-electron chi connectivity index (χ2n) is 5.60. The summed E-state index contributed by atoms with van der Waals surface area (Å²) in [5.41, 5.74) is -0.487. The monoisotopic (exact) mass is 243 g/mol. The molecule has 0 heterocycles. The van der Waals surface area contributed by atoms with E-state index in [0.717, 1.165) is 12.8 Å². The van der Waals surface area contributed by atoms with E-state index >= 15 is 0 Å². The predicted octanol–water partition coefficient (Wildman–Crippen LogP) is 2.38. The quantitative estimate of drug-likeness (QED) is 0.747. The van der Waals surface area contributed by atoms with Gasteiger partial charge in [0.25, 0.3) is 0 Å². The Morgan fingerprint density at radius 2 is 1.82 bits per heavy atom. The Morgan fingerprint density at radius 3 is 2.18 bits per heavy atom. The number of nitrogens with zero attached hydrogens (tertiary/aromatic N) is 1. The maximum absolute atomic E-state index is 12.3. The zero-order chi connectivity index (χ0) is 13.6. The highest BCUT2D eigenvalue weighted by Crippen LogP contribution is 2.27. The topological polar surface area (TPSA) is 57.6 Å². The minimum absolute atomic E-state index is 0.0598. The van der Waals surface area contributed by atoms with Crippen LogP contribution in [0, 0.1) is 11.3 Å². The van der Waals surface area contributed by atoms with Gasteiger partial charge in [0.15, 0.2) is 0 Å². The largest absolute Gasteiger partial charge is 0.480 e. The van der Waals surface area contributed by atoms with Crippen molar-refractivity contribution >= 4 is 11.9 Å². The van der Waals surface area contributed by atoms with Crippen LogP contribution in [0.1, 0.15) is 47.5 Å². The average Bonchev–Trinajstić information content (AvgIpc) is 2.13. The van der Waals surface area contributed by atoms with Crippen LogP contribution in [0.2, 0.25) is 0 Å². The van der Waals surface area contributed by atoms with Gasteiger partial charge in [-0.05, 0) is 18.8 Å². The number of aliphatic carboxylic acids is 1. The Balaban J connectivity index is 4.74. The lowest BCUT2D eigenvalue weighted by Crippen LogP contribution is -2.44. The van der Waals surface area contributed by atoms with Gasteiger partial charge in [-0.25, -0.2) is 0 Å². The molecule has 0 aliphatic heterocycles. The van der Waals surface area contributed by atoms with Crippen LogP contribution in [0.25, 0.3) is 0 Å². The first kappa shape index (κ1) is 15.9. The zero-order valence-corrected chi connectivity index (χ0v) is 11.6. The third kappa shape index (κ3) is 5.71. The van der Waals surface area contributed by atoms with Crippen LogP contribution in [0.5, 0.6) is 0 Å². The Labute approximate surface area is 104 Å². The third-order valence-electron chi connectivity index (χ3n) is 2.60. The summed E-state index contributed by atoms with van der Waals surface area (Å²) in [5, 5.41) is 8.81. The van der Waals surface area contributed by atoms with E-state index in [2.05, 4.69) is 13.8 Å². The van der Waals surface area contributed by atoms with Crippen molar-refractivity contribution in [2.75, 3.05) is 13.1 Å². The number of rotatable bonds is 7. The van der Waals surface area contributed by atoms with Crippen molar-refractivity contribution in [3.8, 4) is 0 Å². The fourth-order valence-corrected chi connectivity index (χ4v) is 2.22. The van der Waals surface area contributed by atoms with Crippen LogP contribution < -0.4 is 0 Å². The third-order valence-corrected chi connectivity index (χ3v) is 2.60. The maximum Gasteiger partial charge on any atom is 0.323 e. The molecule has 1 amide bonds. The van der Waals surface area contributed by atoms with Crippen molar-refractivity contribution in [3.05, 3.63) is 0 Å². The second-order valence-corrected chi connectivity index (χ2v) is 5.60. The van der Waals surface area contributed by atoms with E-state index in [1.54, 1.807) is 0 Å². The minimum atomic E-state index is -0.952. The predicted molar refractivity (Wildman–Crippen MR) is 67.7 cm³/mol. The van der Waals surface area contributed by atoms with Gasteiger partial charge in [-0.2, -0.15) is 0 Å². The molecule has 0 spiro atoms. The minimum Gasteiger partial charge on any atom is -0.480 e. The summed E-state index contributed by atoms with van der Waals surface area (Å²) in [6.07, 6.45) is 1.54. The summed E-state index contributed by atoms with van der Waals surface area (Å²) in [6, 6.07) is 0. The lowest BCUT2D eigenvalue weighted by molar-refractivity contribution is -0.149. The summed E-state index contributed by atoms with van der Waals surface area (Å²) in [4.78, 5) is 24.5. The number of carbonyl (C=O) groups excluding carboxylic acids is 1. The van der Waals surface area contributed by atoms with Gasteiger partial charge < -0.3 is 10.0 Å². The van der Waals surface area contributed by atoms with E-state index < -0.39 is 11.4 Å². The Morgan fingerprint density at radius 1 is 1.29 bits per heavy atom. The molecule has 0 fully saturated rings. The molecule has 17 heavy (non-hydrogen) atoms. The first-order valence-corrected chi connectivity index (χ1v) is 6.22. The molecule has 0 aliphatic rings. The van der Waals surface area contributed by atoms with E-state index in [-0.39, 0.29) is 12.5 Å². The molecule has 1 N–H and O–H groups in total. The number of hydrogen-bond donors (Lipinski definition) is 1. The first-order valence-electron chi connectivity index (χ1n) is 6.22.